The largest absolute Gasteiger partial charge is 0.508 e. The van der Waals surface area contributed by atoms with Crippen molar-refractivity contribution >= 4 is 43.1 Å². The van der Waals surface area contributed by atoms with Crippen LogP contribution in [0.5, 0.6) is 11.5 Å². The SMILES string of the molecule is Oc1cc(O)c2cc3cc4cc5ccccc5cc4cc3cc2c1. The summed E-state index contributed by atoms with van der Waals surface area (Å²) in [7, 11) is 0. The van der Waals surface area contributed by atoms with Gasteiger partial charge in [0.15, 0.2) is 0 Å². The van der Waals surface area contributed by atoms with E-state index in [4.69, 9.17) is 0 Å². The summed E-state index contributed by atoms with van der Waals surface area (Å²) in [4.78, 5) is 0. The van der Waals surface area contributed by atoms with E-state index in [1.54, 1.807) is 6.07 Å². The molecule has 0 saturated heterocycles. The van der Waals surface area contributed by atoms with Gasteiger partial charge in [-0.25, -0.2) is 0 Å². The molecule has 0 fully saturated rings. The summed E-state index contributed by atoms with van der Waals surface area (Å²) in [6.45, 7) is 0. The zero-order valence-corrected chi connectivity index (χ0v) is 12.8. The Kier molecular flexibility index (Phi) is 2.54. The number of fused-ring (bicyclic) bond motifs is 4. The smallest absolute Gasteiger partial charge is 0.127 e. The Balaban J connectivity index is 1.91. The van der Waals surface area contributed by atoms with Gasteiger partial charge in [0.1, 0.15) is 11.5 Å². The monoisotopic (exact) mass is 310 g/mol. The van der Waals surface area contributed by atoms with Crippen LogP contribution in [0, 0.1) is 0 Å². The van der Waals surface area contributed by atoms with Gasteiger partial charge < -0.3 is 10.2 Å². The predicted molar refractivity (Wildman–Crippen MR) is 99.8 cm³/mol. The molecule has 0 atom stereocenters. The molecule has 0 bridgehead atoms. The molecule has 0 unspecified atom stereocenters. The zero-order chi connectivity index (χ0) is 16.3. The standard InChI is InChI=1S/C22H14O2/c23-20-10-19-9-17-7-15-5-13-3-1-2-4-14(13)6-16(15)8-18(17)11-21(19)22(24)12-20/h1-12,23-24H. The van der Waals surface area contributed by atoms with Crippen molar-refractivity contribution in [1.29, 1.82) is 0 Å². The Labute approximate surface area is 138 Å². The molecule has 0 aromatic heterocycles. The van der Waals surface area contributed by atoms with Crippen LogP contribution in [0.15, 0.2) is 72.8 Å². The van der Waals surface area contributed by atoms with Gasteiger partial charge in [-0.1, -0.05) is 24.3 Å². The lowest BCUT2D eigenvalue weighted by atomic mass is 9.97. The van der Waals surface area contributed by atoms with Crippen LogP contribution in [0.4, 0.5) is 0 Å². The van der Waals surface area contributed by atoms with E-state index in [0.29, 0.717) is 0 Å². The molecule has 0 aliphatic rings. The Morgan fingerprint density at radius 1 is 0.458 bits per heavy atom. The first kappa shape index (κ1) is 13.2. The minimum Gasteiger partial charge on any atom is -0.508 e. The van der Waals surface area contributed by atoms with E-state index in [1.165, 1.54) is 27.6 Å². The van der Waals surface area contributed by atoms with Crippen molar-refractivity contribution in [3.05, 3.63) is 72.8 Å². The first-order chi connectivity index (χ1) is 11.7. The molecule has 5 rings (SSSR count). The van der Waals surface area contributed by atoms with Crippen molar-refractivity contribution in [2.45, 2.75) is 0 Å². The van der Waals surface area contributed by atoms with Gasteiger partial charge in [0, 0.05) is 11.5 Å². The van der Waals surface area contributed by atoms with Crippen LogP contribution in [0.25, 0.3) is 43.1 Å². The maximum atomic E-state index is 10.1. The van der Waals surface area contributed by atoms with Crippen LogP contribution < -0.4 is 0 Å². The number of aromatic hydroxyl groups is 2. The summed E-state index contributed by atoms with van der Waals surface area (Å²) < 4.78 is 0. The number of hydrogen-bond acceptors (Lipinski definition) is 2. The normalized spacial score (nSPS) is 11.7. The third-order valence-corrected chi connectivity index (χ3v) is 4.69. The van der Waals surface area contributed by atoms with Crippen LogP contribution in [-0.2, 0) is 0 Å². The second kappa shape index (κ2) is 4.62. The van der Waals surface area contributed by atoms with Gasteiger partial charge in [-0.3, -0.25) is 0 Å². The van der Waals surface area contributed by atoms with E-state index in [0.717, 1.165) is 21.5 Å². The van der Waals surface area contributed by atoms with Crippen molar-refractivity contribution in [3.8, 4) is 11.5 Å². The van der Waals surface area contributed by atoms with Crippen LogP contribution >= 0.6 is 0 Å². The minimum absolute atomic E-state index is 0.0751. The summed E-state index contributed by atoms with van der Waals surface area (Å²) in [5.74, 6) is 0.177. The molecule has 0 radical (unpaired) electrons. The average molecular weight is 310 g/mol. The van der Waals surface area contributed by atoms with Gasteiger partial charge in [0.05, 0.1) is 0 Å². The molecule has 0 saturated carbocycles. The van der Waals surface area contributed by atoms with Crippen molar-refractivity contribution in [3.63, 3.8) is 0 Å². The van der Waals surface area contributed by atoms with Gasteiger partial charge in [-0.15, -0.1) is 0 Å². The highest BCUT2D eigenvalue weighted by Crippen LogP contribution is 2.35. The molecule has 2 heteroatoms. The Morgan fingerprint density at radius 2 is 0.958 bits per heavy atom. The highest BCUT2D eigenvalue weighted by molar-refractivity contribution is 6.09. The van der Waals surface area contributed by atoms with Crippen molar-refractivity contribution < 1.29 is 10.2 Å². The second-order valence-electron chi connectivity index (χ2n) is 6.28. The van der Waals surface area contributed by atoms with Crippen LogP contribution in [-0.4, -0.2) is 10.2 Å². The summed E-state index contributed by atoms with van der Waals surface area (Å²) >= 11 is 0. The Bertz CT molecular complexity index is 1270. The third-order valence-electron chi connectivity index (χ3n) is 4.69. The number of phenols is 2. The molecule has 5 aromatic rings. The Morgan fingerprint density at radius 3 is 1.58 bits per heavy atom. The summed E-state index contributed by atoms with van der Waals surface area (Å²) in [6.07, 6.45) is 0. The molecule has 2 nitrogen and oxygen atoms in total. The number of benzene rings is 5. The second-order valence-corrected chi connectivity index (χ2v) is 6.28. The fourth-order valence-corrected chi connectivity index (χ4v) is 3.52. The predicted octanol–water partition coefficient (Wildman–Crippen LogP) is 5.71. The molecule has 114 valence electrons. The highest BCUT2D eigenvalue weighted by Gasteiger charge is 2.07. The fraction of sp³-hybridized carbons (Fsp3) is 0. The summed E-state index contributed by atoms with van der Waals surface area (Å²) in [5.41, 5.74) is 0. The first-order valence-electron chi connectivity index (χ1n) is 7.89. The fourth-order valence-electron chi connectivity index (χ4n) is 3.52. The van der Waals surface area contributed by atoms with Crippen LogP contribution in [0.3, 0.4) is 0 Å². The van der Waals surface area contributed by atoms with Crippen molar-refractivity contribution in [1.82, 2.24) is 0 Å². The van der Waals surface area contributed by atoms with Gasteiger partial charge in [0.25, 0.3) is 0 Å². The molecule has 0 aliphatic heterocycles. The Hall–Kier alpha value is -3.26. The maximum absolute atomic E-state index is 10.1. The number of hydrogen-bond donors (Lipinski definition) is 2. The molecule has 24 heavy (non-hydrogen) atoms. The lowest BCUT2D eigenvalue weighted by molar-refractivity contribution is 0.455. The molecule has 0 amide bonds. The molecule has 0 spiro atoms. The van der Waals surface area contributed by atoms with E-state index in [2.05, 4.69) is 36.4 Å². The molecular formula is C22H14O2. The summed E-state index contributed by atoms with van der Waals surface area (Å²) in [5, 5.41) is 28.4. The van der Waals surface area contributed by atoms with Crippen LogP contribution in [0.2, 0.25) is 0 Å². The van der Waals surface area contributed by atoms with E-state index in [1.807, 2.05) is 24.3 Å². The van der Waals surface area contributed by atoms with Crippen LogP contribution in [0.1, 0.15) is 0 Å². The number of phenolic OH excluding ortho intramolecular Hbond substituents is 2. The average Bonchev–Trinajstić information content (AvgIpc) is 2.56. The lowest BCUT2D eigenvalue weighted by Gasteiger charge is -2.08. The van der Waals surface area contributed by atoms with Gasteiger partial charge in [-0.2, -0.15) is 0 Å². The maximum Gasteiger partial charge on any atom is 0.127 e. The minimum atomic E-state index is 0.0751. The quantitative estimate of drug-likeness (QED) is 0.360. The van der Waals surface area contributed by atoms with E-state index < -0.39 is 0 Å². The van der Waals surface area contributed by atoms with Gasteiger partial charge >= 0.3 is 0 Å². The van der Waals surface area contributed by atoms with E-state index in [9.17, 15) is 10.2 Å². The van der Waals surface area contributed by atoms with Crippen molar-refractivity contribution in [2.75, 3.05) is 0 Å². The highest BCUT2D eigenvalue weighted by atomic mass is 16.3. The lowest BCUT2D eigenvalue weighted by Crippen LogP contribution is -1.81. The molecule has 5 aromatic carbocycles. The van der Waals surface area contributed by atoms with Gasteiger partial charge in [0.2, 0.25) is 0 Å². The third kappa shape index (κ3) is 1.90. The van der Waals surface area contributed by atoms with E-state index in [-0.39, 0.29) is 11.5 Å². The van der Waals surface area contributed by atoms with E-state index >= 15 is 0 Å². The molecule has 0 heterocycles. The van der Waals surface area contributed by atoms with Crippen molar-refractivity contribution in [2.24, 2.45) is 0 Å². The molecule has 0 aliphatic carbocycles. The first-order valence-corrected chi connectivity index (χ1v) is 7.89. The zero-order valence-electron chi connectivity index (χ0n) is 12.8. The molecule has 2 N–H and O–H groups in total. The molecular weight excluding hydrogens is 296 g/mol. The number of rotatable bonds is 0. The topological polar surface area (TPSA) is 40.5 Å². The summed E-state index contributed by atoms with van der Waals surface area (Å²) in [6, 6.07) is 24.1. The van der Waals surface area contributed by atoms with Gasteiger partial charge in [-0.05, 0) is 80.2 Å².